The van der Waals surface area contributed by atoms with Gasteiger partial charge in [-0.25, -0.2) is 8.42 Å². The van der Waals surface area contributed by atoms with E-state index < -0.39 is 22.0 Å². The quantitative estimate of drug-likeness (QED) is 0.775. The topological polar surface area (TPSA) is 84.5 Å². The van der Waals surface area contributed by atoms with Crippen LogP contribution in [0.3, 0.4) is 0 Å². The van der Waals surface area contributed by atoms with Gasteiger partial charge in [0.05, 0.1) is 28.8 Å². The zero-order valence-electron chi connectivity index (χ0n) is 13.4. The van der Waals surface area contributed by atoms with E-state index in [0.717, 1.165) is 0 Å². The first kappa shape index (κ1) is 19.5. The van der Waals surface area contributed by atoms with Crippen molar-refractivity contribution in [3.8, 4) is 5.75 Å². The number of amides is 1. The molecular weight excluding hydrogens is 387 g/mol. The van der Waals surface area contributed by atoms with Crippen LogP contribution in [0.2, 0.25) is 10.0 Å². The number of ether oxygens (including phenoxy) is 1. The number of anilines is 1. The highest BCUT2D eigenvalue weighted by Gasteiger charge is 2.22. The fourth-order valence-electron chi connectivity index (χ4n) is 1.94. The van der Waals surface area contributed by atoms with Gasteiger partial charge in [0.2, 0.25) is 15.9 Å². The summed E-state index contributed by atoms with van der Waals surface area (Å²) in [6.45, 7) is 1.43. The Morgan fingerprint density at radius 2 is 1.76 bits per heavy atom. The summed E-state index contributed by atoms with van der Waals surface area (Å²) in [7, 11) is -2.38. The average Bonchev–Trinajstić information content (AvgIpc) is 2.57. The van der Waals surface area contributed by atoms with Crippen molar-refractivity contribution in [2.24, 2.45) is 0 Å². The van der Waals surface area contributed by atoms with Crippen LogP contribution in [0.1, 0.15) is 6.92 Å². The predicted molar refractivity (Wildman–Crippen MR) is 97.9 cm³/mol. The minimum Gasteiger partial charge on any atom is -0.497 e. The summed E-state index contributed by atoms with van der Waals surface area (Å²) >= 11 is 11.8. The minimum atomic E-state index is -3.87. The zero-order chi connectivity index (χ0) is 18.6. The maximum absolute atomic E-state index is 12.3. The first-order valence-corrected chi connectivity index (χ1v) is 9.39. The molecule has 1 amide bonds. The molecule has 2 aromatic rings. The largest absolute Gasteiger partial charge is 0.497 e. The first-order valence-electron chi connectivity index (χ1n) is 7.15. The Bertz CT molecular complexity index is 870. The molecule has 6 nitrogen and oxygen atoms in total. The number of methoxy groups -OCH3 is 1. The van der Waals surface area contributed by atoms with E-state index in [1.54, 1.807) is 6.07 Å². The Labute approximate surface area is 156 Å². The SMILES string of the molecule is COc1ccc(S(=O)(=O)N[C@H](C)C(=O)Nc2cc(Cl)ccc2Cl)cc1. The second-order valence-corrected chi connectivity index (χ2v) is 7.69. The molecule has 2 rings (SSSR count). The Morgan fingerprint density at radius 3 is 2.36 bits per heavy atom. The maximum atomic E-state index is 12.3. The van der Waals surface area contributed by atoms with E-state index in [9.17, 15) is 13.2 Å². The van der Waals surface area contributed by atoms with Gasteiger partial charge in [0.1, 0.15) is 5.75 Å². The van der Waals surface area contributed by atoms with Crippen molar-refractivity contribution in [1.29, 1.82) is 0 Å². The summed E-state index contributed by atoms with van der Waals surface area (Å²) in [6.07, 6.45) is 0. The van der Waals surface area contributed by atoms with E-state index >= 15 is 0 Å². The molecule has 0 aromatic heterocycles. The third kappa shape index (κ3) is 5.09. The van der Waals surface area contributed by atoms with Crippen LogP contribution in [0.5, 0.6) is 5.75 Å². The van der Waals surface area contributed by atoms with Gasteiger partial charge in [0, 0.05) is 5.02 Å². The van der Waals surface area contributed by atoms with Gasteiger partial charge < -0.3 is 10.1 Å². The number of carbonyl (C=O) groups is 1. The number of sulfonamides is 1. The first-order chi connectivity index (χ1) is 11.7. The summed E-state index contributed by atoms with van der Waals surface area (Å²) < 4.78 is 32.0. The summed E-state index contributed by atoms with van der Waals surface area (Å²) in [5.74, 6) is -0.0402. The van der Waals surface area contributed by atoms with E-state index in [2.05, 4.69) is 10.0 Å². The fourth-order valence-corrected chi connectivity index (χ4v) is 3.48. The highest BCUT2D eigenvalue weighted by atomic mass is 35.5. The van der Waals surface area contributed by atoms with Crippen molar-refractivity contribution in [3.63, 3.8) is 0 Å². The normalized spacial score (nSPS) is 12.5. The van der Waals surface area contributed by atoms with Gasteiger partial charge in [0.25, 0.3) is 0 Å². The lowest BCUT2D eigenvalue weighted by molar-refractivity contribution is -0.117. The molecule has 0 radical (unpaired) electrons. The average molecular weight is 403 g/mol. The molecule has 1 atom stereocenters. The van der Waals surface area contributed by atoms with Crippen molar-refractivity contribution in [2.75, 3.05) is 12.4 Å². The zero-order valence-corrected chi connectivity index (χ0v) is 15.7. The van der Waals surface area contributed by atoms with Gasteiger partial charge in [-0.15, -0.1) is 0 Å². The fraction of sp³-hybridized carbons (Fsp3) is 0.188. The lowest BCUT2D eigenvalue weighted by Gasteiger charge is -2.15. The highest BCUT2D eigenvalue weighted by molar-refractivity contribution is 7.89. The highest BCUT2D eigenvalue weighted by Crippen LogP contribution is 2.25. The monoisotopic (exact) mass is 402 g/mol. The van der Waals surface area contributed by atoms with E-state index in [0.29, 0.717) is 21.5 Å². The van der Waals surface area contributed by atoms with Gasteiger partial charge in [0.15, 0.2) is 0 Å². The summed E-state index contributed by atoms with van der Waals surface area (Å²) in [5.41, 5.74) is 0.301. The molecule has 0 aliphatic rings. The molecule has 0 spiro atoms. The van der Waals surface area contributed by atoms with Crippen molar-refractivity contribution in [2.45, 2.75) is 17.9 Å². The molecular formula is C16H16Cl2N2O4S. The lowest BCUT2D eigenvalue weighted by Crippen LogP contribution is -2.41. The lowest BCUT2D eigenvalue weighted by atomic mass is 10.3. The van der Waals surface area contributed by atoms with Gasteiger partial charge in [-0.1, -0.05) is 23.2 Å². The van der Waals surface area contributed by atoms with Crippen LogP contribution >= 0.6 is 23.2 Å². The second kappa shape index (κ2) is 8.05. The molecule has 0 heterocycles. The molecule has 0 saturated carbocycles. The van der Waals surface area contributed by atoms with Crippen LogP contribution in [0.25, 0.3) is 0 Å². The van der Waals surface area contributed by atoms with Crippen LogP contribution in [-0.4, -0.2) is 27.5 Å². The summed E-state index contributed by atoms with van der Waals surface area (Å²) in [6, 6.07) is 9.38. The summed E-state index contributed by atoms with van der Waals surface area (Å²) in [5, 5.41) is 3.23. The Hall–Kier alpha value is -1.80. The minimum absolute atomic E-state index is 0.0220. The molecule has 2 N–H and O–H groups in total. The van der Waals surface area contributed by atoms with Gasteiger partial charge in [-0.05, 0) is 49.4 Å². The molecule has 9 heteroatoms. The number of rotatable bonds is 6. The molecule has 0 saturated heterocycles. The van der Waals surface area contributed by atoms with E-state index in [1.807, 2.05) is 0 Å². The summed E-state index contributed by atoms with van der Waals surface area (Å²) in [4.78, 5) is 12.2. The second-order valence-electron chi connectivity index (χ2n) is 5.13. The van der Waals surface area contributed by atoms with E-state index in [-0.39, 0.29) is 4.90 Å². The van der Waals surface area contributed by atoms with Crippen molar-refractivity contribution < 1.29 is 17.9 Å². The predicted octanol–water partition coefficient (Wildman–Crippen LogP) is 3.31. The van der Waals surface area contributed by atoms with Crippen LogP contribution in [0.4, 0.5) is 5.69 Å². The van der Waals surface area contributed by atoms with Crippen molar-refractivity contribution in [3.05, 3.63) is 52.5 Å². The smallest absolute Gasteiger partial charge is 0.242 e. The van der Waals surface area contributed by atoms with E-state index in [4.69, 9.17) is 27.9 Å². The number of benzene rings is 2. The number of hydrogen-bond donors (Lipinski definition) is 2. The third-order valence-corrected chi connectivity index (χ3v) is 5.40. The number of carbonyl (C=O) groups excluding carboxylic acids is 1. The molecule has 0 bridgehead atoms. The number of hydrogen-bond acceptors (Lipinski definition) is 4. The van der Waals surface area contributed by atoms with Crippen LogP contribution in [-0.2, 0) is 14.8 Å². The van der Waals surface area contributed by atoms with Gasteiger partial charge in [-0.3, -0.25) is 4.79 Å². The molecule has 25 heavy (non-hydrogen) atoms. The Balaban J connectivity index is 2.10. The van der Waals surface area contributed by atoms with Gasteiger partial charge >= 0.3 is 0 Å². The Morgan fingerprint density at radius 1 is 1.12 bits per heavy atom. The third-order valence-electron chi connectivity index (χ3n) is 3.28. The van der Waals surface area contributed by atoms with Crippen LogP contribution in [0, 0.1) is 0 Å². The Kier molecular flexibility index (Phi) is 6.29. The standard InChI is InChI=1S/C16H16Cl2N2O4S/c1-10(16(21)19-15-9-11(17)3-8-14(15)18)20-25(22,23)13-6-4-12(24-2)5-7-13/h3-10,20H,1-2H3,(H,19,21)/t10-/m1/s1. The van der Waals surface area contributed by atoms with Crippen LogP contribution in [0.15, 0.2) is 47.4 Å². The van der Waals surface area contributed by atoms with Gasteiger partial charge in [-0.2, -0.15) is 4.72 Å². The molecule has 2 aromatic carbocycles. The van der Waals surface area contributed by atoms with Crippen molar-refractivity contribution in [1.82, 2.24) is 4.72 Å². The molecule has 0 fully saturated rings. The molecule has 0 aliphatic carbocycles. The number of halogens is 2. The van der Waals surface area contributed by atoms with Crippen LogP contribution < -0.4 is 14.8 Å². The molecule has 134 valence electrons. The number of nitrogens with one attached hydrogen (secondary N) is 2. The molecule has 0 unspecified atom stereocenters. The van der Waals surface area contributed by atoms with E-state index in [1.165, 1.54) is 50.4 Å². The molecule has 0 aliphatic heterocycles. The maximum Gasteiger partial charge on any atom is 0.242 e. The van der Waals surface area contributed by atoms with Crippen molar-refractivity contribution >= 4 is 44.8 Å².